The number of rotatable bonds is 2. The van der Waals surface area contributed by atoms with Crippen LogP contribution in [0.1, 0.15) is 21.5 Å². The van der Waals surface area contributed by atoms with Crippen LogP contribution in [0.5, 0.6) is 0 Å². The van der Waals surface area contributed by atoms with Crippen molar-refractivity contribution in [2.24, 2.45) is 0 Å². The Hall–Kier alpha value is -1.51. The summed E-state index contributed by atoms with van der Waals surface area (Å²) < 4.78 is 0. The molecule has 1 N–H and O–H groups in total. The Bertz CT molecular complexity index is 347. The van der Waals surface area contributed by atoms with Crippen molar-refractivity contribution in [3.63, 3.8) is 0 Å². The molecule has 3 heteroatoms. The summed E-state index contributed by atoms with van der Waals surface area (Å²) in [7, 11) is 3.91. The Morgan fingerprint density at radius 3 is 1.93 bits per heavy atom. The van der Waals surface area contributed by atoms with E-state index < -0.39 is 5.97 Å². The van der Waals surface area contributed by atoms with E-state index in [4.69, 9.17) is 5.11 Å². The third-order valence-corrected chi connectivity index (χ3v) is 2.19. The zero-order valence-electron chi connectivity index (χ0n) is 8.96. The van der Waals surface area contributed by atoms with Crippen LogP contribution in [0.4, 0.5) is 5.69 Å². The zero-order valence-corrected chi connectivity index (χ0v) is 8.96. The summed E-state index contributed by atoms with van der Waals surface area (Å²) in [6.45, 7) is 3.85. The van der Waals surface area contributed by atoms with Gasteiger partial charge in [0, 0.05) is 19.8 Å². The number of benzene rings is 1. The van der Waals surface area contributed by atoms with Crippen molar-refractivity contribution in [2.45, 2.75) is 13.8 Å². The Labute approximate surface area is 84.0 Å². The molecule has 3 nitrogen and oxygen atoms in total. The van der Waals surface area contributed by atoms with Crippen molar-refractivity contribution in [3.05, 3.63) is 28.8 Å². The second-order valence-electron chi connectivity index (χ2n) is 3.66. The summed E-state index contributed by atoms with van der Waals surface area (Å²) in [4.78, 5) is 12.8. The quantitative estimate of drug-likeness (QED) is 0.781. The fourth-order valence-corrected chi connectivity index (χ4v) is 1.78. The normalized spacial score (nSPS) is 10.0. The molecule has 0 unspecified atom stereocenters. The molecule has 0 aliphatic rings. The first kappa shape index (κ1) is 10.6. The lowest BCUT2D eigenvalue weighted by Gasteiger charge is -2.19. The Morgan fingerprint density at radius 2 is 1.64 bits per heavy atom. The van der Waals surface area contributed by atoms with Gasteiger partial charge in [-0.25, -0.2) is 4.79 Å². The fourth-order valence-electron chi connectivity index (χ4n) is 1.78. The molecule has 0 saturated carbocycles. The molecule has 0 bridgehead atoms. The first-order valence-corrected chi connectivity index (χ1v) is 4.45. The van der Waals surface area contributed by atoms with Crippen LogP contribution in [-0.2, 0) is 0 Å². The van der Waals surface area contributed by atoms with Crippen LogP contribution < -0.4 is 4.90 Å². The highest BCUT2D eigenvalue weighted by Crippen LogP contribution is 2.24. The molecule has 0 aliphatic carbocycles. The van der Waals surface area contributed by atoms with Gasteiger partial charge in [0.15, 0.2) is 0 Å². The molecule has 0 aromatic heterocycles. The molecule has 0 spiro atoms. The highest BCUT2D eigenvalue weighted by atomic mass is 16.4. The molecule has 0 atom stereocenters. The summed E-state index contributed by atoms with van der Waals surface area (Å²) in [6.07, 6.45) is 0. The van der Waals surface area contributed by atoms with Crippen LogP contribution in [-0.4, -0.2) is 25.2 Å². The van der Waals surface area contributed by atoms with E-state index >= 15 is 0 Å². The Kier molecular flexibility index (Phi) is 2.79. The van der Waals surface area contributed by atoms with Crippen molar-refractivity contribution in [3.8, 4) is 0 Å². The number of carbonyl (C=O) groups is 1. The minimum absolute atomic E-state index is 0.352. The molecule has 0 saturated heterocycles. The number of carboxylic acid groups (broad SMARTS) is 1. The van der Waals surface area contributed by atoms with Crippen molar-refractivity contribution >= 4 is 11.7 Å². The number of hydrogen-bond donors (Lipinski definition) is 1. The van der Waals surface area contributed by atoms with Crippen LogP contribution in [0.3, 0.4) is 0 Å². The molecule has 0 fully saturated rings. The number of nitrogens with zero attached hydrogens (tertiary/aromatic N) is 1. The first-order chi connectivity index (χ1) is 6.43. The molecule has 14 heavy (non-hydrogen) atoms. The van der Waals surface area contributed by atoms with Crippen molar-refractivity contribution in [1.29, 1.82) is 0 Å². The van der Waals surface area contributed by atoms with Gasteiger partial charge in [0.25, 0.3) is 0 Å². The maximum atomic E-state index is 10.8. The summed E-state index contributed by atoms with van der Waals surface area (Å²) >= 11 is 0. The second kappa shape index (κ2) is 3.70. The van der Waals surface area contributed by atoms with E-state index in [1.807, 2.05) is 32.8 Å². The second-order valence-corrected chi connectivity index (χ2v) is 3.66. The van der Waals surface area contributed by atoms with Crippen LogP contribution >= 0.6 is 0 Å². The molecule has 0 aliphatic heterocycles. The van der Waals surface area contributed by atoms with E-state index in [1.54, 1.807) is 12.1 Å². The van der Waals surface area contributed by atoms with Crippen LogP contribution in [0.15, 0.2) is 12.1 Å². The lowest BCUT2D eigenvalue weighted by Crippen LogP contribution is -2.13. The van der Waals surface area contributed by atoms with E-state index in [1.165, 1.54) is 0 Å². The summed E-state index contributed by atoms with van der Waals surface area (Å²) in [5, 5.41) is 8.85. The molecule has 1 aromatic rings. The minimum atomic E-state index is -0.874. The van der Waals surface area contributed by atoms with Crippen LogP contribution in [0.25, 0.3) is 0 Å². The van der Waals surface area contributed by atoms with Gasteiger partial charge >= 0.3 is 5.97 Å². The topological polar surface area (TPSA) is 40.5 Å². The minimum Gasteiger partial charge on any atom is -0.478 e. The third-order valence-electron chi connectivity index (χ3n) is 2.19. The van der Waals surface area contributed by atoms with Gasteiger partial charge in [-0.1, -0.05) is 0 Å². The van der Waals surface area contributed by atoms with Crippen LogP contribution in [0, 0.1) is 13.8 Å². The van der Waals surface area contributed by atoms with Crippen molar-refractivity contribution < 1.29 is 9.90 Å². The highest BCUT2D eigenvalue weighted by Gasteiger charge is 2.10. The van der Waals surface area contributed by atoms with Gasteiger partial charge in [0.1, 0.15) is 0 Å². The number of anilines is 1. The molecule has 0 radical (unpaired) electrons. The van der Waals surface area contributed by atoms with Gasteiger partial charge in [-0.05, 0) is 37.1 Å². The number of carboxylic acids is 1. The van der Waals surface area contributed by atoms with Gasteiger partial charge < -0.3 is 10.0 Å². The smallest absolute Gasteiger partial charge is 0.335 e. The summed E-state index contributed by atoms with van der Waals surface area (Å²) in [5.41, 5.74) is 3.43. The van der Waals surface area contributed by atoms with Gasteiger partial charge in [-0.3, -0.25) is 0 Å². The largest absolute Gasteiger partial charge is 0.478 e. The van der Waals surface area contributed by atoms with E-state index in [0.717, 1.165) is 16.8 Å². The number of aryl methyl sites for hydroxylation is 2. The van der Waals surface area contributed by atoms with Crippen molar-refractivity contribution in [2.75, 3.05) is 19.0 Å². The molecule has 76 valence electrons. The molecule has 1 aromatic carbocycles. The van der Waals surface area contributed by atoms with E-state index in [2.05, 4.69) is 0 Å². The van der Waals surface area contributed by atoms with Gasteiger partial charge in [-0.15, -0.1) is 0 Å². The lowest BCUT2D eigenvalue weighted by atomic mass is 10.0. The standard InChI is InChI=1S/C11H15NO2/c1-7-5-9(11(13)14)6-8(2)10(7)12(3)4/h5-6H,1-4H3,(H,13,14). The molecular formula is C11H15NO2. The molecule has 1 rings (SSSR count). The predicted octanol–water partition coefficient (Wildman–Crippen LogP) is 2.07. The maximum Gasteiger partial charge on any atom is 0.335 e. The van der Waals surface area contributed by atoms with Gasteiger partial charge in [0.2, 0.25) is 0 Å². The molecular weight excluding hydrogens is 178 g/mol. The van der Waals surface area contributed by atoms with Crippen LogP contribution in [0.2, 0.25) is 0 Å². The number of hydrogen-bond acceptors (Lipinski definition) is 2. The predicted molar refractivity (Wildman–Crippen MR) is 57.2 cm³/mol. The summed E-state index contributed by atoms with van der Waals surface area (Å²) in [6, 6.07) is 3.40. The van der Waals surface area contributed by atoms with E-state index in [0.29, 0.717) is 5.56 Å². The monoisotopic (exact) mass is 193 g/mol. The lowest BCUT2D eigenvalue weighted by molar-refractivity contribution is 0.0696. The molecule has 0 amide bonds. The van der Waals surface area contributed by atoms with Crippen molar-refractivity contribution in [1.82, 2.24) is 0 Å². The van der Waals surface area contributed by atoms with Gasteiger partial charge in [-0.2, -0.15) is 0 Å². The Morgan fingerprint density at radius 1 is 1.21 bits per heavy atom. The number of aromatic carboxylic acids is 1. The third kappa shape index (κ3) is 1.87. The SMILES string of the molecule is Cc1cc(C(=O)O)cc(C)c1N(C)C. The average molecular weight is 193 g/mol. The van der Waals surface area contributed by atoms with E-state index in [-0.39, 0.29) is 0 Å². The highest BCUT2D eigenvalue weighted by molar-refractivity contribution is 5.89. The van der Waals surface area contributed by atoms with E-state index in [9.17, 15) is 4.79 Å². The summed E-state index contributed by atoms with van der Waals surface area (Å²) in [5.74, 6) is -0.874. The molecule has 0 heterocycles. The van der Waals surface area contributed by atoms with Gasteiger partial charge in [0.05, 0.1) is 5.56 Å². The first-order valence-electron chi connectivity index (χ1n) is 4.45. The average Bonchev–Trinajstić information content (AvgIpc) is 2.01. The zero-order chi connectivity index (χ0) is 10.9. The Balaban J connectivity index is 3.32. The maximum absolute atomic E-state index is 10.8. The fraction of sp³-hybridized carbons (Fsp3) is 0.364.